The number of benzene rings is 1. The van der Waals surface area contributed by atoms with Crippen molar-refractivity contribution in [2.24, 2.45) is 0 Å². The summed E-state index contributed by atoms with van der Waals surface area (Å²) in [4.78, 5) is 28.8. The molecule has 2 amide bonds. The molecule has 0 aliphatic carbocycles. The van der Waals surface area contributed by atoms with Gasteiger partial charge in [0.25, 0.3) is 0 Å². The van der Waals surface area contributed by atoms with Crippen LogP contribution in [0.2, 0.25) is 0 Å². The Bertz CT molecular complexity index is 1200. The van der Waals surface area contributed by atoms with Gasteiger partial charge in [0.2, 0.25) is 11.8 Å². The molecule has 0 spiro atoms. The van der Waals surface area contributed by atoms with Gasteiger partial charge in [0, 0.05) is 28.4 Å². The summed E-state index contributed by atoms with van der Waals surface area (Å²) in [5.41, 5.74) is 7.13. The molecule has 1 aromatic carbocycles. The Kier molecular flexibility index (Phi) is 8.06. The molecule has 2 aromatic rings. The molecule has 0 radical (unpaired) electrons. The largest absolute Gasteiger partial charge is 0.392 e. The number of carbonyl (C=O) groups excluding carboxylic acids is 2. The van der Waals surface area contributed by atoms with E-state index in [1.165, 1.54) is 11.1 Å². The number of aromatic amines is 1. The van der Waals surface area contributed by atoms with E-state index in [1.54, 1.807) is 6.92 Å². The van der Waals surface area contributed by atoms with Crippen LogP contribution in [-0.2, 0) is 34.3 Å². The van der Waals surface area contributed by atoms with Crippen molar-refractivity contribution in [3.63, 3.8) is 0 Å². The van der Waals surface area contributed by atoms with Gasteiger partial charge in [0.1, 0.15) is 12.1 Å². The van der Waals surface area contributed by atoms with Crippen molar-refractivity contribution in [1.82, 2.24) is 15.6 Å². The van der Waals surface area contributed by atoms with Gasteiger partial charge >= 0.3 is 0 Å². The lowest BCUT2D eigenvalue weighted by Crippen LogP contribution is -2.61. The van der Waals surface area contributed by atoms with E-state index in [0.717, 1.165) is 39.7 Å². The Balaban J connectivity index is 2.22. The Labute approximate surface area is 208 Å². The van der Waals surface area contributed by atoms with Crippen molar-refractivity contribution in [3.05, 3.63) is 70.5 Å². The summed E-state index contributed by atoms with van der Waals surface area (Å²) in [6, 6.07) is 3.23. The number of carbonyl (C=O) groups is 2. The lowest BCUT2D eigenvalue weighted by Gasteiger charge is -2.29. The smallest absolute Gasteiger partial charge is 0.243 e. The van der Waals surface area contributed by atoms with Gasteiger partial charge in [-0.05, 0) is 63.3 Å². The Morgan fingerprint density at radius 2 is 1.80 bits per heavy atom. The highest BCUT2D eigenvalue weighted by atomic mass is 16.3. The van der Waals surface area contributed by atoms with Crippen LogP contribution in [0.4, 0.5) is 0 Å². The minimum Gasteiger partial charge on any atom is -0.392 e. The van der Waals surface area contributed by atoms with E-state index >= 15 is 0 Å². The normalized spacial score (nSPS) is 18.9. The van der Waals surface area contributed by atoms with Crippen LogP contribution in [0.15, 0.2) is 48.1 Å². The summed E-state index contributed by atoms with van der Waals surface area (Å²) >= 11 is 0. The van der Waals surface area contributed by atoms with Crippen molar-refractivity contribution >= 4 is 22.7 Å². The van der Waals surface area contributed by atoms with Crippen LogP contribution >= 0.6 is 0 Å². The fourth-order valence-electron chi connectivity index (χ4n) is 4.39. The van der Waals surface area contributed by atoms with Crippen molar-refractivity contribution in [2.45, 2.75) is 78.3 Å². The molecule has 1 aromatic heterocycles. The molecule has 1 saturated heterocycles. The maximum atomic E-state index is 12.8. The maximum absolute atomic E-state index is 12.8. The molecule has 0 unspecified atom stereocenters. The van der Waals surface area contributed by atoms with E-state index < -0.39 is 12.1 Å². The fourth-order valence-corrected chi connectivity index (χ4v) is 4.39. The Morgan fingerprint density at radius 3 is 2.43 bits per heavy atom. The number of nitrogens with one attached hydrogen (secondary N) is 3. The standard InChI is InChI=1S/C29H39N3O3/c1-8-29(6,7)26-23(15-24-28(35)30-19(5)27(34)31-24)22-14-20(11-9-17(2)3)13-21(25(22)32-26)12-10-18(4)16-33/h8-10,13-14,19,24,32-33H,1,11-12,15-16H2,2-7H3,(H,30,35)(H,31,34)/b18-10-/t19-,24-/m0/s1. The lowest BCUT2D eigenvalue weighted by molar-refractivity contribution is -0.136. The molecule has 2 heterocycles. The highest BCUT2D eigenvalue weighted by Crippen LogP contribution is 2.36. The van der Waals surface area contributed by atoms with E-state index in [0.29, 0.717) is 12.8 Å². The number of hydrogen-bond donors (Lipinski definition) is 4. The summed E-state index contributed by atoms with van der Waals surface area (Å²) < 4.78 is 0. The fraction of sp³-hybridized carbons (Fsp3) is 0.448. The Hall–Kier alpha value is -3.12. The number of H-pyrrole nitrogens is 1. The summed E-state index contributed by atoms with van der Waals surface area (Å²) in [5.74, 6) is -0.343. The molecule has 4 N–H and O–H groups in total. The van der Waals surface area contributed by atoms with Crippen LogP contribution < -0.4 is 10.6 Å². The number of piperazine rings is 1. The van der Waals surface area contributed by atoms with Crippen LogP contribution in [-0.4, -0.2) is 40.6 Å². The zero-order valence-electron chi connectivity index (χ0n) is 21.8. The van der Waals surface area contributed by atoms with Crippen LogP contribution in [0.1, 0.15) is 63.9 Å². The molecule has 1 aliphatic heterocycles. The third-order valence-electron chi connectivity index (χ3n) is 6.77. The minimum absolute atomic E-state index is 0.0280. The predicted molar refractivity (Wildman–Crippen MR) is 142 cm³/mol. The SMILES string of the molecule is C=CC(C)(C)c1[nH]c2c(C/C=C(/C)CO)cc(CC=C(C)C)cc2c1C[C@@H]1NC(=O)[C@H](C)NC1=O. The van der Waals surface area contributed by atoms with E-state index in [9.17, 15) is 14.7 Å². The molecular weight excluding hydrogens is 438 g/mol. The van der Waals surface area contributed by atoms with Crippen LogP contribution in [0.25, 0.3) is 10.9 Å². The molecule has 2 atom stereocenters. The number of aliphatic hydroxyl groups is 1. The third kappa shape index (κ3) is 5.93. The molecule has 35 heavy (non-hydrogen) atoms. The zero-order valence-corrected chi connectivity index (χ0v) is 21.8. The minimum atomic E-state index is -0.640. The quantitative estimate of drug-likeness (QED) is 0.409. The number of hydrogen-bond acceptors (Lipinski definition) is 3. The van der Waals surface area contributed by atoms with Crippen molar-refractivity contribution < 1.29 is 14.7 Å². The summed E-state index contributed by atoms with van der Waals surface area (Å²) in [6.07, 6.45) is 8.02. The second-order valence-corrected chi connectivity index (χ2v) is 10.5. The predicted octanol–water partition coefficient (Wildman–Crippen LogP) is 4.17. The molecule has 3 rings (SSSR count). The number of amides is 2. The first-order valence-corrected chi connectivity index (χ1v) is 12.3. The number of allylic oxidation sites excluding steroid dienone is 4. The number of aromatic nitrogens is 1. The van der Waals surface area contributed by atoms with E-state index in [2.05, 4.69) is 74.2 Å². The van der Waals surface area contributed by atoms with Gasteiger partial charge in [-0.15, -0.1) is 6.58 Å². The monoisotopic (exact) mass is 477 g/mol. The van der Waals surface area contributed by atoms with Crippen LogP contribution in [0.3, 0.4) is 0 Å². The first-order chi connectivity index (χ1) is 16.5. The van der Waals surface area contributed by atoms with Crippen LogP contribution in [0, 0.1) is 0 Å². The third-order valence-corrected chi connectivity index (χ3v) is 6.77. The zero-order chi connectivity index (χ0) is 25.9. The Morgan fingerprint density at radius 1 is 1.09 bits per heavy atom. The number of aliphatic hydroxyl groups excluding tert-OH is 1. The maximum Gasteiger partial charge on any atom is 0.243 e. The van der Waals surface area contributed by atoms with Gasteiger partial charge in [0.05, 0.1) is 6.61 Å². The van der Waals surface area contributed by atoms with Gasteiger partial charge in [-0.3, -0.25) is 9.59 Å². The molecule has 188 valence electrons. The molecule has 6 nitrogen and oxygen atoms in total. The van der Waals surface area contributed by atoms with Crippen molar-refractivity contribution in [3.8, 4) is 0 Å². The topological polar surface area (TPSA) is 94.2 Å². The van der Waals surface area contributed by atoms with Crippen molar-refractivity contribution in [1.29, 1.82) is 0 Å². The van der Waals surface area contributed by atoms with Gasteiger partial charge < -0.3 is 20.7 Å². The van der Waals surface area contributed by atoms with Crippen molar-refractivity contribution in [2.75, 3.05) is 6.61 Å². The molecule has 0 bridgehead atoms. The molecule has 1 fully saturated rings. The van der Waals surface area contributed by atoms with Gasteiger partial charge in [-0.25, -0.2) is 0 Å². The van der Waals surface area contributed by atoms with Gasteiger partial charge in [-0.2, -0.15) is 0 Å². The number of fused-ring (bicyclic) bond motifs is 1. The van der Waals surface area contributed by atoms with E-state index in [1.807, 2.05) is 13.0 Å². The molecule has 1 aliphatic rings. The second-order valence-electron chi connectivity index (χ2n) is 10.5. The molecule has 6 heteroatoms. The molecular formula is C29H39N3O3. The van der Waals surface area contributed by atoms with Gasteiger partial charge in [0.15, 0.2) is 0 Å². The van der Waals surface area contributed by atoms with Crippen LogP contribution in [0.5, 0.6) is 0 Å². The second kappa shape index (κ2) is 10.6. The molecule has 0 saturated carbocycles. The van der Waals surface area contributed by atoms with Gasteiger partial charge in [-0.1, -0.05) is 49.3 Å². The average molecular weight is 478 g/mol. The first kappa shape index (κ1) is 26.5. The first-order valence-electron chi connectivity index (χ1n) is 12.3. The average Bonchev–Trinajstić information content (AvgIpc) is 3.18. The summed E-state index contributed by atoms with van der Waals surface area (Å²) in [5, 5.41) is 16.2. The highest BCUT2D eigenvalue weighted by Gasteiger charge is 2.34. The highest BCUT2D eigenvalue weighted by molar-refractivity contribution is 5.97. The summed E-state index contributed by atoms with van der Waals surface area (Å²) in [7, 11) is 0. The van der Waals surface area contributed by atoms with E-state index in [4.69, 9.17) is 0 Å². The number of rotatable bonds is 9. The lowest BCUT2D eigenvalue weighted by atomic mass is 9.84. The van der Waals surface area contributed by atoms with E-state index in [-0.39, 0.29) is 23.8 Å². The summed E-state index contributed by atoms with van der Waals surface area (Å²) in [6.45, 7) is 16.0.